The van der Waals surface area contributed by atoms with E-state index >= 15 is 0 Å². The van der Waals surface area contributed by atoms with Gasteiger partial charge in [0.2, 0.25) is 11.7 Å². The molecule has 0 atom stereocenters. The molecule has 0 saturated heterocycles. The zero-order valence-corrected chi connectivity index (χ0v) is 12.3. The summed E-state index contributed by atoms with van der Waals surface area (Å²) in [6.45, 7) is 2.68. The second kappa shape index (κ2) is 5.85. The molecule has 1 aliphatic rings. The van der Waals surface area contributed by atoms with Gasteiger partial charge in [0.05, 0.1) is 6.42 Å². The molecule has 0 unspecified atom stereocenters. The summed E-state index contributed by atoms with van der Waals surface area (Å²) in [6.07, 6.45) is 4.88. The van der Waals surface area contributed by atoms with E-state index in [1.54, 1.807) is 0 Å². The lowest BCUT2D eigenvalue weighted by molar-refractivity contribution is -0.0469. The van der Waals surface area contributed by atoms with Gasteiger partial charge in [0, 0.05) is 12.3 Å². The van der Waals surface area contributed by atoms with E-state index < -0.39 is 0 Å². The van der Waals surface area contributed by atoms with Crippen LogP contribution in [0.25, 0.3) is 0 Å². The highest BCUT2D eigenvalue weighted by Gasteiger charge is 2.40. The lowest BCUT2D eigenvalue weighted by Crippen LogP contribution is -2.27. The molecule has 2 N–H and O–H groups in total. The first-order valence-electron chi connectivity index (χ1n) is 7.53. The van der Waals surface area contributed by atoms with Gasteiger partial charge in [-0.3, -0.25) is 0 Å². The number of aromatic nitrogens is 2. The molecule has 0 bridgehead atoms. The Labute approximate surface area is 124 Å². The molecular weight excluding hydrogens is 266 g/mol. The van der Waals surface area contributed by atoms with Crippen LogP contribution in [0.3, 0.4) is 0 Å². The molecule has 112 valence electrons. The molecule has 1 aromatic carbocycles. The average Bonchev–Trinajstić information content (AvgIpc) is 3.12. The summed E-state index contributed by atoms with van der Waals surface area (Å²) in [5.41, 5.74) is 7.22. The largest absolute Gasteiger partial charge is 0.399 e. The fraction of sp³-hybridized carbons (Fsp3) is 0.500. The van der Waals surface area contributed by atoms with Crippen LogP contribution in [0.1, 0.15) is 49.9 Å². The fourth-order valence-electron chi connectivity index (χ4n) is 2.98. The van der Waals surface area contributed by atoms with E-state index in [2.05, 4.69) is 10.1 Å². The molecule has 21 heavy (non-hydrogen) atoms. The van der Waals surface area contributed by atoms with Crippen LogP contribution in [0.5, 0.6) is 0 Å². The van der Waals surface area contributed by atoms with Gasteiger partial charge in [-0.15, -0.1) is 0 Å². The third-order valence-electron chi connectivity index (χ3n) is 4.04. The minimum absolute atomic E-state index is 0.336. The summed E-state index contributed by atoms with van der Waals surface area (Å²) in [5, 5.41) is 4.17. The van der Waals surface area contributed by atoms with Gasteiger partial charge in [-0.1, -0.05) is 17.3 Å². The minimum Gasteiger partial charge on any atom is -0.399 e. The SMILES string of the molecule is CCOC1(c2noc(Cc3ccc(N)cc3)n2)CCCC1. The minimum atomic E-state index is -0.336. The van der Waals surface area contributed by atoms with Crippen molar-refractivity contribution in [1.29, 1.82) is 0 Å². The third-order valence-corrected chi connectivity index (χ3v) is 4.04. The van der Waals surface area contributed by atoms with Gasteiger partial charge in [-0.25, -0.2) is 0 Å². The Bertz CT molecular complexity index is 586. The highest BCUT2D eigenvalue weighted by molar-refractivity contribution is 5.39. The van der Waals surface area contributed by atoms with Crippen molar-refractivity contribution in [2.75, 3.05) is 12.3 Å². The molecule has 1 fully saturated rings. The molecule has 3 rings (SSSR count). The molecular formula is C16H21N3O2. The number of nitrogens with zero attached hydrogens (tertiary/aromatic N) is 2. The van der Waals surface area contributed by atoms with Gasteiger partial charge in [0.1, 0.15) is 5.60 Å². The van der Waals surface area contributed by atoms with Crippen LogP contribution < -0.4 is 5.73 Å². The number of hydrogen-bond acceptors (Lipinski definition) is 5. The van der Waals surface area contributed by atoms with Gasteiger partial charge in [-0.2, -0.15) is 4.98 Å². The Morgan fingerprint density at radius 3 is 2.62 bits per heavy atom. The second-order valence-corrected chi connectivity index (χ2v) is 5.56. The average molecular weight is 287 g/mol. The van der Waals surface area contributed by atoms with Crippen LogP contribution in [0.4, 0.5) is 5.69 Å². The molecule has 1 heterocycles. The van der Waals surface area contributed by atoms with Crippen LogP contribution in [-0.4, -0.2) is 16.7 Å². The normalized spacial score (nSPS) is 17.2. The molecule has 0 radical (unpaired) electrons. The Balaban J connectivity index is 1.77. The molecule has 2 aromatic rings. The van der Waals surface area contributed by atoms with Crippen LogP contribution in [0.2, 0.25) is 0 Å². The number of benzene rings is 1. The van der Waals surface area contributed by atoms with Crippen LogP contribution in [0.15, 0.2) is 28.8 Å². The van der Waals surface area contributed by atoms with Crippen molar-refractivity contribution < 1.29 is 9.26 Å². The Morgan fingerprint density at radius 1 is 1.24 bits per heavy atom. The van der Waals surface area contributed by atoms with Crippen LogP contribution in [-0.2, 0) is 16.8 Å². The highest BCUT2D eigenvalue weighted by Crippen LogP contribution is 2.40. The molecule has 1 saturated carbocycles. The van der Waals surface area contributed by atoms with E-state index in [1.165, 1.54) is 0 Å². The molecule has 0 aliphatic heterocycles. The van der Waals surface area contributed by atoms with Gasteiger partial charge in [-0.05, 0) is 50.3 Å². The predicted molar refractivity (Wildman–Crippen MR) is 79.7 cm³/mol. The van der Waals surface area contributed by atoms with E-state index in [9.17, 15) is 0 Å². The van der Waals surface area contributed by atoms with Crippen LogP contribution in [0, 0.1) is 0 Å². The van der Waals surface area contributed by atoms with E-state index in [-0.39, 0.29) is 5.60 Å². The molecule has 5 nitrogen and oxygen atoms in total. The Kier molecular flexibility index (Phi) is 3.92. The lowest BCUT2D eigenvalue weighted by atomic mass is 10.0. The summed E-state index contributed by atoms with van der Waals surface area (Å²) in [6, 6.07) is 7.72. The number of nitrogens with two attached hydrogens (primary N) is 1. The first kappa shape index (κ1) is 14.1. The van der Waals surface area contributed by atoms with Crippen LogP contribution >= 0.6 is 0 Å². The second-order valence-electron chi connectivity index (χ2n) is 5.56. The van der Waals surface area contributed by atoms with E-state index in [0.29, 0.717) is 24.7 Å². The molecule has 1 aromatic heterocycles. The number of anilines is 1. The molecule has 0 amide bonds. The van der Waals surface area contributed by atoms with E-state index in [4.69, 9.17) is 15.0 Å². The van der Waals surface area contributed by atoms with Gasteiger partial charge in [0.25, 0.3) is 0 Å². The number of hydrogen-bond donors (Lipinski definition) is 1. The first-order valence-corrected chi connectivity index (χ1v) is 7.53. The first-order chi connectivity index (χ1) is 10.2. The maximum absolute atomic E-state index is 5.95. The van der Waals surface area contributed by atoms with E-state index in [0.717, 1.165) is 36.9 Å². The quantitative estimate of drug-likeness (QED) is 0.855. The van der Waals surface area contributed by atoms with Gasteiger partial charge in [0.15, 0.2) is 0 Å². The predicted octanol–water partition coefficient (Wildman–Crippen LogP) is 3.05. The third kappa shape index (κ3) is 2.93. The number of rotatable bonds is 5. The fourth-order valence-corrected chi connectivity index (χ4v) is 2.98. The van der Waals surface area contributed by atoms with Crippen molar-refractivity contribution in [1.82, 2.24) is 10.1 Å². The summed E-state index contributed by atoms with van der Waals surface area (Å²) in [7, 11) is 0. The number of nitrogen functional groups attached to an aromatic ring is 1. The highest BCUT2D eigenvalue weighted by atomic mass is 16.5. The molecule has 5 heteroatoms. The molecule has 1 aliphatic carbocycles. The summed E-state index contributed by atoms with van der Waals surface area (Å²) in [4.78, 5) is 4.57. The van der Waals surface area contributed by atoms with E-state index in [1.807, 2.05) is 31.2 Å². The number of ether oxygens (including phenoxy) is 1. The summed E-state index contributed by atoms with van der Waals surface area (Å²) in [5.74, 6) is 1.33. The lowest BCUT2D eigenvalue weighted by Gasteiger charge is -2.24. The maximum atomic E-state index is 5.95. The standard InChI is InChI=1S/C16H21N3O2/c1-2-20-16(9-3-4-10-16)15-18-14(21-19-15)11-12-5-7-13(17)8-6-12/h5-8H,2-4,9-11,17H2,1H3. The van der Waals surface area contributed by atoms with Crippen molar-refractivity contribution in [2.45, 2.75) is 44.6 Å². The Morgan fingerprint density at radius 2 is 1.95 bits per heavy atom. The van der Waals surface area contributed by atoms with Crippen molar-refractivity contribution in [3.05, 3.63) is 41.5 Å². The van der Waals surface area contributed by atoms with Crippen molar-refractivity contribution in [2.24, 2.45) is 0 Å². The maximum Gasteiger partial charge on any atom is 0.231 e. The van der Waals surface area contributed by atoms with Crippen molar-refractivity contribution in [3.8, 4) is 0 Å². The zero-order valence-electron chi connectivity index (χ0n) is 12.3. The van der Waals surface area contributed by atoms with Crippen molar-refractivity contribution in [3.63, 3.8) is 0 Å². The van der Waals surface area contributed by atoms with Gasteiger partial charge < -0.3 is 15.0 Å². The molecule has 0 spiro atoms. The topological polar surface area (TPSA) is 74.2 Å². The smallest absolute Gasteiger partial charge is 0.231 e. The van der Waals surface area contributed by atoms with Crippen molar-refractivity contribution >= 4 is 5.69 Å². The monoisotopic (exact) mass is 287 g/mol. The summed E-state index contributed by atoms with van der Waals surface area (Å²) < 4.78 is 11.4. The summed E-state index contributed by atoms with van der Waals surface area (Å²) >= 11 is 0. The zero-order chi connectivity index (χ0) is 14.7. The van der Waals surface area contributed by atoms with Gasteiger partial charge >= 0.3 is 0 Å². The Hall–Kier alpha value is -1.88.